The average Bonchev–Trinajstić information content (AvgIpc) is 3.40. The maximum Gasteiger partial charge on any atom is 0.228 e. The van der Waals surface area contributed by atoms with Gasteiger partial charge in [0.15, 0.2) is 0 Å². The molecule has 1 saturated heterocycles. The zero-order valence-electron chi connectivity index (χ0n) is 17.7. The van der Waals surface area contributed by atoms with E-state index in [4.69, 9.17) is 0 Å². The van der Waals surface area contributed by atoms with Crippen LogP contribution in [0.1, 0.15) is 31.5 Å². The SMILES string of the molecule is CC(C)NC(=O)C1(Cc2ccc(-c3cccs3)cc2)CCN(Cc2ccccn2)C1. The molecule has 5 heteroatoms. The fourth-order valence-electron chi connectivity index (χ4n) is 4.26. The highest BCUT2D eigenvalue weighted by atomic mass is 32.1. The molecule has 1 aliphatic heterocycles. The normalized spacial score (nSPS) is 19.3. The summed E-state index contributed by atoms with van der Waals surface area (Å²) in [6, 6.07) is 19.1. The number of carbonyl (C=O) groups is 1. The molecule has 3 aromatic rings. The molecule has 0 aliphatic carbocycles. The van der Waals surface area contributed by atoms with Gasteiger partial charge in [0.05, 0.1) is 11.1 Å². The van der Waals surface area contributed by atoms with E-state index in [-0.39, 0.29) is 11.9 Å². The Hall–Kier alpha value is -2.50. The first-order chi connectivity index (χ1) is 14.5. The fraction of sp³-hybridized carbons (Fsp3) is 0.360. The highest BCUT2D eigenvalue weighted by Crippen LogP contribution is 2.36. The number of benzene rings is 1. The van der Waals surface area contributed by atoms with Crippen LogP contribution in [0.2, 0.25) is 0 Å². The van der Waals surface area contributed by atoms with Crippen LogP contribution in [0.25, 0.3) is 10.4 Å². The van der Waals surface area contributed by atoms with Crippen molar-refractivity contribution in [1.82, 2.24) is 15.2 Å². The van der Waals surface area contributed by atoms with Gasteiger partial charge in [0, 0.05) is 30.2 Å². The lowest BCUT2D eigenvalue weighted by Crippen LogP contribution is -2.46. The van der Waals surface area contributed by atoms with Crippen molar-refractivity contribution < 1.29 is 4.79 Å². The molecule has 1 amide bonds. The molecule has 1 fully saturated rings. The van der Waals surface area contributed by atoms with E-state index in [0.29, 0.717) is 0 Å². The largest absolute Gasteiger partial charge is 0.353 e. The predicted octanol–water partition coefficient (Wildman–Crippen LogP) is 4.77. The molecule has 1 N–H and O–H groups in total. The van der Waals surface area contributed by atoms with E-state index in [9.17, 15) is 4.79 Å². The minimum atomic E-state index is -0.399. The molecule has 0 saturated carbocycles. The number of hydrogen-bond donors (Lipinski definition) is 1. The summed E-state index contributed by atoms with van der Waals surface area (Å²) in [4.78, 5) is 21.4. The molecule has 4 rings (SSSR count). The van der Waals surface area contributed by atoms with Crippen molar-refractivity contribution in [3.8, 4) is 10.4 Å². The standard InChI is InChI=1S/C25H29N3OS/c1-19(2)27-24(29)25(12-14-28(18-25)17-22-6-3-4-13-26-22)16-20-8-10-21(11-9-20)23-7-5-15-30-23/h3-11,13,15,19H,12,14,16-18H2,1-2H3,(H,27,29). The number of nitrogens with zero attached hydrogens (tertiary/aromatic N) is 2. The maximum absolute atomic E-state index is 13.3. The van der Waals surface area contributed by atoms with Gasteiger partial charge >= 0.3 is 0 Å². The van der Waals surface area contributed by atoms with E-state index >= 15 is 0 Å². The Labute approximate surface area is 183 Å². The summed E-state index contributed by atoms with van der Waals surface area (Å²) in [5.41, 5.74) is 3.10. The Morgan fingerprint density at radius 1 is 1.17 bits per heavy atom. The van der Waals surface area contributed by atoms with Crippen molar-refractivity contribution in [1.29, 1.82) is 0 Å². The molecule has 3 heterocycles. The third-order valence-electron chi connectivity index (χ3n) is 5.75. The molecule has 1 unspecified atom stereocenters. The zero-order valence-corrected chi connectivity index (χ0v) is 18.5. The number of rotatable bonds is 7. The van der Waals surface area contributed by atoms with Gasteiger partial charge in [-0.3, -0.25) is 14.7 Å². The molecule has 1 aromatic carbocycles. The van der Waals surface area contributed by atoms with Gasteiger partial charge < -0.3 is 5.32 Å². The Morgan fingerprint density at radius 2 is 2.00 bits per heavy atom. The summed E-state index contributed by atoms with van der Waals surface area (Å²) in [6.45, 7) is 6.52. The molecule has 0 radical (unpaired) electrons. The molecule has 1 atom stereocenters. The smallest absolute Gasteiger partial charge is 0.228 e. The van der Waals surface area contributed by atoms with Crippen LogP contribution >= 0.6 is 11.3 Å². The van der Waals surface area contributed by atoms with Crippen LogP contribution in [0.5, 0.6) is 0 Å². The molecule has 156 valence electrons. The fourth-order valence-corrected chi connectivity index (χ4v) is 4.99. The first-order valence-electron chi connectivity index (χ1n) is 10.6. The van der Waals surface area contributed by atoms with E-state index in [2.05, 4.69) is 63.0 Å². The van der Waals surface area contributed by atoms with Crippen LogP contribution in [0, 0.1) is 5.41 Å². The minimum absolute atomic E-state index is 0.139. The van der Waals surface area contributed by atoms with Crippen LogP contribution < -0.4 is 5.32 Å². The van der Waals surface area contributed by atoms with Crippen molar-refractivity contribution >= 4 is 17.2 Å². The molecule has 4 nitrogen and oxygen atoms in total. The quantitative estimate of drug-likeness (QED) is 0.600. The van der Waals surface area contributed by atoms with E-state index in [1.54, 1.807) is 11.3 Å². The van der Waals surface area contributed by atoms with E-state index in [0.717, 1.165) is 38.2 Å². The Balaban J connectivity index is 1.52. The summed E-state index contributed by atoms with van der Waals surface area (Å²) >= 11 is 1.75. The third kappa shape index (κ3) is 4.79. The van der Waals surface area contributed by atoms with Crippen LogP contribution in [-0.2, 0) is 17.8 Å². The minimum Gasteiger partial charge on any atom is -0.353 e. The number of nitrogens with one attached hydrogen (secondary N) is 1. The molecule has 0 bridgehead atoms. The maximum atomic E-state index is 13.3. The number of amides is 1. The lowest BCUT2D eigenvalue weighted by Gasteiger charge is -2.29. The van der Waals surface area contributed by atoms with E-state index in [1.165, 1.54) is 16.0 Å². The van der Waals surface area contributed by atoms with Gasteiger partial charge in [-0.1, -0.05) is 36.4 Å². The van der Waals surface area contributed by atoms with Crippen LogP contribution in [-0.4, -0.2) is 34.9 Å². The Kier molecular flexibility index (Phi) is 6.30. The number of likely N-dealkylation sites (tertiary alicyclic amines) is 1. The van der Waals surface area contributed by atoms with Gasteiger partial charge in [0.1, 0.15) is 0 Å². The van der Waals surface area contributed by atoms with Crippen molar-refractivity contribution in [3.05, 3.63) is 77.4 Å². The second-order valence-electron chi connectivity index (χ2n) is 8.54. The molecule has 2 aromatic heterocycles. The van der Waals surface area contributed by atoms with Gasteiger partial charge in [0.2, 0.25) is 5.91 Å². The second kappa shape index (κ2) is 9.11. The van der Waals surface area contributed by atoms with E-state index in [1.807, 2.05) is 32.2 Å². The van der Waals surface area contributed by atoms with Crippen molar-refractivity contribution in [2.45, 2.75) is 39.3 Å². The molecular formula is C25H29N3OS. The van der Waals surface area contributed by atoms with Crippen LogP contribution in [0.15, 0.2) is 66.2 Å². The Bertz CT molecular complexity index is 954. The summed E-state index contributed by atoms with van der Waals surface area (Å²) in [5.74, 6) is 0.170. The van der Waals surface area contributed by atoms with Crippen molar-refractivity contribution in [2.24, 2.45) is 5.41 Å². The molecule has 30 heavy (non-hydrogen) atoms. The van der Waals surface area contributed by atoms with Gasteiger partial charge in [-0.25, -0.2) is 0 Å². The monoisotopic (exact) mass is 419 g/mol. The number of hydrogen-bond acceptors (Lipinski definition) is 4. The average molecular weight is 420 g/mol. The number of carbonyl (C=O) groups excluding carboxylic acids is 1. The van der Waals surface area contributed by atoms with E-state index < -0.39 is 5.41 Å². The van der Waals surface area contributed by atoms with Crippen molar-refractivity contribution in [3.63, 3.8) is 0 Å². The summed E-state index contributed by atoms with van der Waals surface area (Å²) in [5, 5.41) is 5.28. The predicted molar refractivity (Wildman–Crippen MR) is 123 cm³/mol. The number of thiophene rings is 1. The Morgan fingerprint density at radius 3 is 2.67 bits per heavy atom. The summed E-state index contributed by atoms with van der Waals surface area (Å²) in [7, 11) is 0. The summed E-state index contributed by atoms with van der Waals surface area (Å²) in [6.07, 6.45) is 3.46. The number of pyridine rings is 1. The topological polar surface area (TPSA) is 45.2 Å². The third-order valence-corrected chi connectivity index (χ3v) is 6.67. The van der Waals surface area contributed by atoms with Gasteiger partial charge in [-0.2, -0.15) is 0 Å². The second-order valence-corrected chi connectivity index (χ2v) is 9.49. The summed E-state index contributed by atoms with van der Waals surface area (Å²) < 4.78 is 0. The van der Waals surface area contributed by atoms with Gasteiger partial charge in [-0.05, 0) is 67.9 Å². The highest BCUT2D eigenvalue weighted by molar-refractivity contribution is 7.13. The molecular weight excluding hydrogens is 390 g/mol. The van der Waals surface area contributed by atoms with Crippen molar-refractivity contribution in [2.75, 3.05) is 13.1 Å². The zero-order chi connectivity index (χ0) is 21.0. The van der Waals surface area contributed by atoms with Gasteiger partial charge in [-0.15, -0.1) is 11.3 Å². The first kappa shape index (κ1) is 20.8. The van der Waals surface area contributed by atoms with Crippen LogP contribution in [0.3, 0.4) is 0 Å². The molecule has 0 spiro atoms. The highest BCUT2D eigenvalue weighted by Gasteiger charge is 2.44. The van der Waals surface area contributed by atoms with Gasteiger partial charge in [0.25, 0.3) is 0 Å². The molecule has 1 aliphatic rings. The van der Waals surface area contributed by atoms with Crippen LogP contribution in [0.4, 0.5) is 0 Å². The number of aromatic nitrogens is 1. The first-order valence-corrected chi connectivity index (χ1v) is 11.5. The lowest BCUT2D eigenvalue weighted by atomic mass is 9.79. The lowest BCUT2D eigenvalue weighted by molar-refractivity contribution is -0.131.